The van der Waals surface area contributed by atoms with Crippen molar-refractivity contribution in [1.29, 1.82) is 0 Å². The van der Waals surface area contributed by atoms with Crippen molar-refractivity contribution in [3.63, 3.8) is 0 Å². The van der Waals surface area contributed by atoms with E-state index < -0.39 is 0 Å². The van der Waals surface area contributed by atoms with Crippen LogP contribution in [0.25, 0.3) is 64.3 Å². The number of benzene rings is 8. The number of hydrogen-bond acceptors (Lipinski definition) is 2. The summed E-state index contributed by atoms with van der Waals surface area (Å²) < 4.78 is 1.35. The summed E-state index contributed by atoms with van der Waals surface area (Å²) in [7, 11) is 0. The monoisotopic (exact) mass is 629 g/mol. The van der Waals surface area contributed by atoms with Gasteiger partial charge in [-0.2, -0.15) is 0 Å². The number of hydrogen-bond donors (Lipinski definition) is 0. The Balaban J connectivity index is 1.12. The van der Waals surface area contributed by atoms with Crippen molar-refractivity contribution in [2.75, 3.05) is 4.90 Å². The third-order valence-electron chi connectivity index (χ3n) is 9.29. The molecule has 0 aliphatic rings. The number of nitrogens with zero attached hydrogens (tertiary/aromatic N) is 1. The molecule has 0 amide bonds. The van der Waals surface area contributed by atoms with E-state index in [9.17, 15) is 0 Å². The molecule has 0 aliphatic heterocycles. The molecule has 8 aromatic carbocycles. The highest BCUT2D eigenvalue weighted by Crippen LogP contribution is 2.44. The molecule has 0 spiro atoms. The summed E-state index contributed by atoms with van der Waals surface area (Å²) >= 11 is 1.89. The van der Waals surface area contributed by atoms with Crippen molar-refractivity contribution in [2.24, 2.45) is 0 Å². The molecular weight excluding hydrogens is 599 g/mol. The van der Waals surface area contributed by atoms with Gasteiger partial charge in [0.1, 0.15) is 0 Å². The molecule has 0 radical (unpaired) electrons. The number of anilines is 3. The first-order valence-corrected chi connectivity index (χ1v) is 17.2. The van der Waals surface area contributed by atoms with E-state index in [1.165, 1.54) is 64.3 Å². The van der Waals surface area contributed by atoms with Gasteiger partial charge in [0.25, 0.3) is 0 Å². The Kier molecular flexibility index (Phi) is 7.07. The molecule has 2 heteroatoms. The SMILES string of the molecule is c1ccc(-c2ccc(N(c3ccc(-c4ccccc4)cc3)c3ccc(-c4cc5c6ccccc6c6ccccc6c5s4)cc3)cc2)cc1. The van der Waals surface area contributed by atoms with E-state index >= 15 is 0 Å². The summed E-state index contributed by atoms with van der Waals surface area (Å²) in [6.07, 6.45) is 0. The van der Waals surface area contributed by atoms with Crippen molar-refractivity contribution < 1.29 is 0 Å². The molecule has 9 rings (SSSR count). The lowest BCUT2D eigenvalue weighted by Gasteiger charge is -2.26. The summed E-state index contributed by atoms with van der Waals surface area (Å²) in [6, 6.07) is 67.9. The molecule has 48 heavy (non-hydrogen) atoms. The molecule has 1 aromatic heterocycles. The zero-order valence-electron chi connectivity index (χ0n) is 26.3. The quantitative estimate of drug-likeness (QED) is 0.165. The standard InChI is InChI=1S/C46H31NS/c1-3-11-32(12-4-1)34-19-25-37(26-20-34)47(38-27-21-35(22-28-38)33-13-5-2-6-14-33)39-29-23-36(24-30-39)45-31-44-42-17-8-7-15-40(42)41-16-9-10-18-43(41)46(44)48-45/h1-31H. The second-order valence-corrected chi connectivity index (χ2v) is 13.2. The van der Waals surface area contributed by atoms with Gasteiger partial charge in [0, 0.05) is 37.4 Å². The third kappa shape index (κ3) is 5.04. The van der Waals surface area contributed by atoms with E-state index in [1.54, 1.807) is 0 Å². The largest absolute Gasteiger partial charge is 0.311 e. The van der Waals surface area contributed by atoms with Gasteiger partial charge in [-0.1, -0.05) is 146 Å². The van der Waals surface area contributed by atoms with Crippen molar-refractivity contribution in [3.05, 3.63) is 188 Å². The Morgan fingerprint density at radius 2 is 0.646 bits per heavy atom. The van der Waals surface area contributed by atoms with Gasteiger partial charge >= 0.3 is 0 Å². The molecule has 0 saturated carbocycles. The average molecular weight is 630 g/mol. The van der Waals surface area contributed by atoms with E-state index in [0.717, 1.165) is 17.1 Å². The van der Waals surface area contributed by atoms with Gasteiger partial charge in [-0.05, 0) is 86.4 Å². The van der Waals surface area contributed by atoms with E-state index in [0.29, 0.717) is 0 Å². The van der Waals surface area contributed by atoms with Crippen LogP contribution in [-0.4, -0.2) is 0 Å². The zero-order chi connectivity index (χ0) is 31.9. The maximum Gasteiger partial charge on any atom is 0.0462 e. The zero-order valence-corrected chi connectivity index (χ0v) is 27.1. The fourth-order valence-corrected chi connectivity index (χ4v) is 8.11. The highest BCUT2D eigenvalue weighted by atomic mass is 32.1. The summed E-state index contributed by atoms with van der Waals surface area (Å²) in [6.45, 7) is 0. The summed E-state index contributed by atoms with van der Waals surface area (Å²) in [4.78, 5) is 3.63. The summed E-state index contributed by atoms with van der Waals surface area (Å²) in [5.74, 6) is 0. The lowest BCUT2D eigenvalue weighted by Crippen LogP contribution is -2.09. The van der Waals surface area contributed by atoms with Gasteiger partial charge in [0.05, 0.1) is 0 Å². The molecule has 0 saturated heterocycles. The van der Waals surface area contributed by atoms with Gasteiger partial charge in [0.15, 0.2) is 0 Å². The number of fused-ring (bicyclic) bond motifs is 6. The van der Waals surface area contributed by atoms with Crippen LogP contribution in [0.5, 0.6) is 0 Å². The second kappa shape index (κ2) is 12.0. The Morgan fingerprint density at radius 3 is 1.12 bits per heavy atom. The molecule has 0 fully saturated rings. The molecule has 1 heterocycles. The molecule has 1 nitrogen and oxygen atoms in total. The van der Waals surface area contributed by atoms with Crippen LogP contribution in [0.1, 0.15) is 0 Å². The van der Waals surface area contributed by atoms with Crippen LogP contribution < -0.4 is 4.90 Å². The van der Waals surface area contributed by atoms with Gasteiger partial charge in [-0.15, -0.1) is 11.3 Å². The van der Waals surface area contributed by atoms with Crippen LogP contribution in [0.4, 0.5) is 17.1 Å². The molecule has 0 aliphatic carbocycles. The first-order valence-electron chi connectivity index (χ1n) is 16.3. The fraction of sp³-hybridized carbons (Fsp3) is 0. The van der Waals surface area contributed by atoms with Crippen LogP contribution in [-0.2, 0) is 0 Å². The Morgan fingerprint density at radius 1 is 0.292 bits per heavy atom. The number of thiophene rings is 1. The van der Waals surface area contributed by atoms with Crippen LogP contribution in [0, 0.1) is 0 Å². The Hall–Kier alpha value is -5.96. The highest BCUT2D eigenvalue weighted by molar-refractivity contribution is 7.23. The summed E-state index contributed by atoms with van der Waals surface area (Å²) in [5.41, 5.74) is 9.44. The molecule has 0 bridgehead atoms. The normalized spacial score (nSPS) is 11.3. The predicted molar refractivity (Wildman–Crippen MR) is 208 cm³/mol. The minimum atomic E-state index is 1.12. The first-order chi connectivity index (χ1) is 23.8. The predicted octanol–water partition coefficient (Wildman–Crippen LogP) is 13.7. The molecule has 0 unspecified atom stereocenters. The van der Waals surface area contributed by atoms with E-state index in [1.807, 2.05) is 11.3 Å². The minimum absolute atomic E-state index is 1.12. The molecule has 0 N–H and O–H groups in total. The molecule has 0 atom stereocenters. The topological polar surface area (TPSA) is 3.24 Å². The van der Waals surface area contributed by atoms with E-state index in [2.05, 4.69) is 193 Å². The van der Waals surface area contributed by atoms with Crippen LogP contribution in [0.15, 0.2) is 188 Å². The highest BCUT2D eigenvalue weighted by Gasteiger charge is 2.16. The lowest BCUT2D eigenvalue weighted by atomic mass is 9.98. The second-order valence-electron chi connectivity index (χ2n) is 12.2. The summed E-state index contributed by atoms with van der Waals surface area (Å²) in [5, 5.41) is 6.59. The Bertz CT molecular complexity index is 2360. The molecule has 9 aromatic rings. The van der Waals surface area contributed by atoms with Crippen LogP contribution in [0.2, 0.25) is 0 Å². The van der Waals surface area contributed by atoms with Crippen LogP contribution in [0.3, 0.4) is 0 Å². The number of rotatable bonds is 6. The Labute approximate surface area is 284 Å². The van der Waals surface area contributed by atoms with Gasteiger partial charge in [-0.3, -0.25) is 0 Å². The van der Waals surface area contributed by atoms with Crippen molar-refractivity contribution in [1.82, 2.24) is 0 Å². The van der Waals surface area contributed by atoms with Gasteiger partial charge in [-0.25, -0.2) is 0 Å². The van der Waals surface area contributed by atoms with Gasteiger partial charge in [0.2, 0.25) is 0 Å². The first kappa shape index (κ1) is 28.3. The smallest absolute Gasteiger partial charge is 0.0462 e. The van der Waals surface area contributed by atoms with Crippen molar-refractivity contribution in [2.45, 2.75) is 0 Å². The average Bonchev–Trinajstić information content (AvgIpc) is 3.63. The van der Waals surface area contributed by atoms with E-state index in [4.69, 9.17) is 0 Å². The fourth-order valence-electron chi connectivity index (χ4n) is 6.89. The van der Waals surface area contributed by atoms with Crippen molar-refractivity contribution >= 4 is 60.0 Å². The van der Waals surface area contributed by atoms with Crippen LogP contribution >= 0.6 is 11.3 Å². The lowest BCUT2D eigenvalue weighted by molar-refractivity contribution is 1.28. The maximum atomic E-state index is 2.38. The molecular formula is C46H31NS. The molecule has 226 valence electrons. The van der Waals surface area contributed by atoms with Crippen molar-refractivity contribution in [3.8, 4) is 32.7 Å². The third-order valence-corrected chi connectivity index (χ3v) is 10.5. The van der Waals surface area contributed by atoms with E-state index in [-0.39, 0.29) is 0 Å². The maximum absolute atomic E-state index is 2.38. The van der Waals surface area contributed by atoms with Gasteiger partial charge < -0.3 is 4.90 Å². The minimum Gasteiger partial charge on any atom is -0.311 e.